The molecular weight excluding hydrogens is 384 g/mol. The minimum absolute atomic E-state index is 0.00789. The average Bonchev–Trinajstić information content (AvgIpc) is 3.16. The van der Waals surface area contributed by atoms with E-state index in [4.69, 9.17) is 0 Å². The van der Waals surface area contributed by atoms with E-state index in [-0.39, 0.29) is 18.0 Å². The summed E-state index contributed by atoms with van der Waals surface area (Å²) in [6, 6.07) is 17.0. The maximum absolute atomic E-state index is 11.1. The van der Waals surface area contributed by atoms with Crippen LogP contribution in [0.25, 0.3) is 0 Å². The van der Waals surface area contributed by atoms with Crippen molar-refractivity contribution in [3.8, 4) is 11.8 Å². The number of benzene rings is 2. The predicted octanol–water partition coefficient (Wildman–Crippen LogP) is 4.04. The number of aryl methyl sites for hydroxylation is 1. The lowest BCUT2D eigenvalue weighted by Gasteiger charge is -2.13. The summed E-state index contributed by atoms with van der Waals surface area (Å²) in [7, 11) is 0. The molecule has 2 unspecified atom stereocenters. The van der Waals surface area contributed by atoms with Gasteiger partial charge in [0.1, 0.15) is 0 Å². The molecule has 1 aliphatic carbocycles. The van der Waals surface area contributed by atoms with Gasteiger partial charge in [0.05, 0.1) is 11.6 Å². The van der Waals surface area contributed by atoms with Crippen LogP contribution in [0, 0.1) is 11.8 Å². The van der Waals surface area contributed by atoms with Crippen LogP contribution in [0.3, 0.4) is 0 Å². The zero-order valence-electron chi connectivity index (χ0n) is 17.9. The van der Waals surface area contributed by atoms with Crippen molar-refractivity contribution in [2.45, 2.75) is 45.2 Å². The van der Waals surface area contributed by atoms with E-state index in [1.165, 1.54) is 23.6 Å². The number of hydrogen-bond acceptors (Lipinski definition) is 4. The molecule has 3 aromatic rings. The van der Waals surface area contributed by atoms with E-state index in [2.05, 4.69) is 56.7 Å². The summed E-state index contributed by atoms with van der Waals surface area (Å²) in [5, 5.41) is 6.33. The third-order valence-electron chi connectivity index (χ3n) is 5.38. The predicted molar refractivity (Wildman–Crippen MR) is 123 cm³/mol. The standard InChI is InChI=1S/C26H26N4O/c1-18(29-19(2)31)15-21-10-7-20(8-11-21)9-12-22-16-27-26(28-17-22)30-25-14-13-23-5-3-4-6-24(23)25/h3-8,10-11,16-18,25H,13-15H2,1-2H3,(H,29,31)(H,27,28,30). The van der Waals surface area contributed by atoms with Gasteiger partial charge >= 0.3 is 0 Å². The van der Waals surface area contributed by atoms with Crippen molar-refractivity contribution >= 4 is 11.9 Å². The van der Waals surface area contributed by atoms with E-state index < -0.39 is 0 Å². The number of nitrogens with one attached hydrogen (secondary N) is 2. The Kier molecular flexibility index (Phi) is 6.28. The zero-order chi connectivity index (χ0) is 21.6. The van der Waals surface area contributed by atoms with Gasteiger partial charge in [0.25, 0.3) is 0 Å². The van der Waals surface area contributed by atoms with E-state index >= 15 is 0 Å². The van der Waals surface area contributed by atoms with Crippen LogP contribution >= 0.6 is 0 Å². The fraction of sp³-hybridized carbons (Fsp3) is 0.269. The lowest BCUT2D eigenvalue weighted by atomic mass is 10.1. The Bertz CT molecular complexity index is 1110. The Morgan fingerprint density at radius 1 is 1.06 bits per heavy atom. The number of carbonyl (C=O) groups excluding carboxylic acids is 1. The van der Waals surface area contributed by atoms with Gasteiger partial charge in [-0.25, -0.2) is 9.97 Å². The summed E-state index contributed by atoms with van der Waals surface area (Å²) in [6.45, 7) is 3.54. The molecule has 2 N–H and O–H groups in total. The lowest BCUT2D eigenvalue weighted by Crippen LogP contribution is -2.31. The second-order valence-electron chi connectivity index (χ2n) is 7.98. The van der Waals surface area contributed by atoms with Crippen LogP contribution < -0.4 is 10.6 Å². The molecule has 4 rings (SSSR count). The highest BCUT2D eigenvalue weighted by Gasteiger charge is 2.22. The molecule has 1 amide bonds. The minimum Gasteiger partial charge on any atom is -0.354 e. The van der Waals surface area contributed by atoms with Gasteiger partial charge in [0, 0.05) is 30.9 Å². The average molecular weight is 411 g/mol. The van der Waals surface area contributed by atoms with E-state index in [1.54, 1.807) is 12.4 Å². The molecule has 31 heavy (non-hydrogen) atoms. The molecule has 0 spiro atoms. The van der Waals surface area contributed by atoms with Crippen LogP contribution in [-0.4, -0.2) is 21.9 Å². The number of rotatable bonds is 5. The molecule has 5 nitrogen and oxygen atoms in total. The summed E-state index contributed by atoms with van der Waals surface area (Å²) >= 11 is 0. The van der Waals surface area contributed by atoms with E-state index in [0.29, 0.717) is 5.95 Å². The summed E-state index contributed by atoms with van der Waals surface area (Å²) in [4.78, 5) is 20.0. The summed E-state index contributed by atoms with van der Waals surface area (Å²) < 4.78 is 0. The fourth-order valence-corrected chi connectivity index (χ4v) is 3.95. The molecule has 1 aromatic heterocycles. The fourth-order valence-electron chi connectivity index (χ4n) is 3.95. The van der Waals surface area contributed by atoms with Crippen molar-refractivity contribution in [3.05, 3.63) is 88.7 Å². The zero-order valence-corrected chi connectivity index (χ0v) is 17.9. The second kappa shape index (κ2) is 9.44. The summed E-state index contributed by atoms with van der Waals surface area (Å²) in [6.07, 6.45) is 6.45. The SMILES string of the molecule is CC(=O)NC(C)Cc1ccc(C#Cc2cnc(NC3CCc4ccccc43)nc2)cc1. The number of carbonyl (C=O) groups is 1. The first-order valence-corrected chi connectivity index (χ1v) is 10.6. The molecule has 2 atom stereocenters. The largest absolute Gasteiger partial charge is 0.354 e. The number of aromatic nitrogens is 2. The van der Waals surface area contributed by atoms with Crippen LogP contribution in [0.4, 0.5) is 5.95 Å². The van der Waals surface area contributed by atoms with Gasteiger partial charge in [-0.15, -0.1) is 0 Å². The first-order valence-electron chi connectivity index (χ1n) is 10.6. The van der Waals surface area contributed by atoms with Gasteiger partial charge in [0.2, 0.25) is 11.9 Å². The molecule has 156 valence electrons. The first kappa shape index (κ1) is 20.6. The van der Waals surface area contributed by atoms with Gasteiger partial charge in [0.15, 0.2) is 0 Å². The summed E-state index contributed by atoms with van der Waals surface area (Å²) in [5.74, 6) is 6.90. The van der Waals surface area contributed by atoms with Crippen molar-refractivity contribution in [3.63, 3.8) is 0 Å². The number of anilines is 1. The smallest absolute Gasteiger partial charge is 0.223 e. The summed E-state index contributed by atoms with van der Waals surface area (Å²) in [5.41, 5.74) is 5.61. The molecule has 0 aliphatic heterocycles. The van der Waals surface area contributed by atoms with Crippen LogP contribution in [0.2, 0.25) is 0 Å². The molecule has 2 aromatic carbocycles. The maximum Gasteiger partial charge on any atom is 0.223 e. The van der Waals surface area contributed by atoms with E-state index in [9.17, 15) is 4.79 Å². The van der Waals surface area contributed by atoms with Gasteiger partial charge in [-0.05, 0) is 55.0 Å². The first-order chi connectivity index (χ1) is 15.1. The lowest BCUT2D eigenvalue weighted by molar-refractivity contribution is -0.119. The third kappa shape index (κ3) is 5.49. The minimum atomic E-state index is -0.00789. The molecule has 0 bridgehead atoms. The molecule has 0 saturated heterocycles. The number of hydrogen-bond donors (Lipinski definition) is 2. The Morgan fingerprint density at radius 3 is 2.52 bits per heavy atom. The topological polar surface area (TPSA) is 66.9 Å². The highest BCUT2D eigenvalue weighted by atomic mass is 16.1. The van der Waals surface area contributed by atoms with Crippen LogP contribution in [-0.2, 0) is 17.6 Å². The Morgan fingerprint density at radius 2 is 1.77 bits per heavy atom. The molecule has 5 heteroatoms. The number of amides is 1. The van der Waals surface area contributed by atoms with Gasteiger partial charge in [-0.2, -0.15) is 0 Å². The van der Waals surface area contributed by atoms with Crippen LogP contribution in [0.1, 0.15) is 54.1 Å². The molecule has 0 fully saturated rings. The normalized spacial score (nSPS) is 15.4. The number of fused-ring (bicyclic) bond motifs is 1. The van der Waals surface area contributed by atoms with Crippen molar-refractivity contribution in [1.29, 1.82) is 0 Å². The van der Waals surface area contributed by atoms with E-state index in [1.807, 2.05) is 31.2 Å². The van der Waals surface area contributed by atoms with Crippen LogP contribution in [0.15, 0.2) is 60.9 Å². The molecule has 1 aliphatic rings. The molecular formula is C26H26N4O. The van der Waals surface area contributed by atoms with Crippen molar-refractivity contribution < 1.29 is 4.79 Å². The Hall–Kier alpha value is -3.65. The van der Waals surface area contributed by atoms with Gasteiger partial charge in [-0.3, -0.25) is 4.79 Å². The maximum atomic E-state index is 11.1. The quantitative estimate of drug-likeness (QED) is 0.623. The van der Waals surface area contributed by atoms with Crippen molar-refractivity contribution in [2.24, 2.45) is 0 Å². The number of nitrogens with zero attached hydrogens (tertiary/aromatic N) is 2. The van der Waals surface area contributed by atoms with Crippen LogP contribution in [0.5, 0.6) is 0 Å². The van der Waals surface area contributed by atoms with Crippen molar-refractivity contribution in [2.75, 3.05) is 5.32 Å². The monoisotopic (exact) mass is 410 g/mol. The van der Waals surface area contributed by atoms with Gasteiger partial charge < -0.3 is 10.6 Å². The molecule has 0 saturated carbocycles. The van der Waals surface area contributed by atoms with Crippen molar-refractivity contribution in [1.82, 2.24) is 15.3 Å². The highest BCUT2D eigenvalue weighted by Crippen LogP contribution is 2.32. The van der Waals surface area contributed by atoms with Gasteiger partial charge in [-0.1, -0.05) is 48.2 Å². The second-order valence-corrected chi connectivity index (χ2v) is 7.98. The third-order valence-corrected chi connectivity index (χ3v) is 5.38. The Balaban J connectivity index is 1.35. The highest BCUT2D eigenvalue weighted by molar-refractivity contribution is 5.73. The molecule has 1 heterocycles. The Labute approximate surface area is 183 Å². The van der Waals surface area contributed by atoms with E-state index in [0.717, 1.165) is 30.4 Å². The molecule has 0 radical (unpaired) electrons.